The fourth-order valence-corrected chi connectivity index (χ4v) is 4.12. The van der Waals surface area contributed by atoms with Crippen LogP contribution in [0.1, 0.15) is 43.4 Å². The molecule has 4 nitrogen and oxygen atoms in total. The van der Waals surface area contributed by atoms with E-state index in [0.717, 1.165) is 17.5 Å². The summed E-state index contributed by atoms with van der Waals surface area (Å²) >= 11 is 6.29. The molecule has 0 saturated heterocycles. The van der Waals surface area contributed by atoms with Crippen LogP contribution in [0.4, 0.5) is 4.39 Å². The van der Waals surface area contributed by atoms with Crippen molar-refractivity contribution in [3.8, 4) is 0 Å². The first-order chi connectivity index (χ1) is 16.9. The Labute approximate surface area is 212 Å². The molecule has 3 rings (SSSR count). The van der Waals surface area contributed by atoms with E-state index in [0.29, 0.717) is 23.4 Å². The summed E-state index contributed by atoms with van der Waals surface area (Å²) in [5, 5.41) is 3.61. The molecular weight excluding hydrogens is 463 g/mol. The van der Waals surface area contributed by atoms with Crippen LogP contribution in [-0.4, -0.2) is 28.8 Å². The molecule has 0 aromatic heterocycles. The summed E-state index contributed by atoms with van der Waals surface area (Å²) in [6.07, 6.45) is 1.67. The van der Waals surface area contributed by atoms with Gasteiger partial charge in [0.2, 0.25) is 11.8 Å². The van der Waals surface area contributed by atoms with E-state index in [1.807, 2.05) is 62.4 Å². The van der Waals surface area contributed by atoms with Gasteiger partial charge in [-0.15, -0.1) is 0 Å². The van der Waals surface area contributed by atoms with Gasteiger partial charge in [-0.25, -0.2) is 4.39 Å². The van der Waals surface area contributed by atoms with Crippen LogP contribution in [0, 0.1) is 5.82 Å². The number of carbonyl (C=O) groups is 2. The quantitative estimate of drug-likeness (QED) is 0.357. The summed E-state index contributed by atoms with van der Waals surface area (Å²) in [6, 6.07) is 22.5. The number of nitrogens with one attached hydrogen (secondary N) is 1. The normalized spacial score (nSPS) is 12.6. The third kappa shape index (κ3) is 7.66. The van der Waals surface area contributed by atoms with Gasteiger partial charge in [-0.05, 0) is 43.0 Å². The average Bonchev–Trinajstić information content (AvgIpc) is 2.87. The first-order valence-electron chi connectivity index (χ1n) is 12.0. The molecule has 0 unspecified atom stereocenters. The van der Waals surface area contributed by atoms with Crippen molar-refractivity contribution >= 4 is 23.4 Å². The Hall–Kier alpha value is -3.18. The highest BCUT2D eigenvalue weighted by Gasteiger charge is 2.31. The van der Waals surface area contributed by atoms with E-state index in [1.165, 1.54) is 11.0 Å². The predicted molar refractivity (Wildman–Crippen MR) is 139 cm³/mol. The summed E-state index contributed by atoms with van der Waals surface area (Å²) in [5.41, 5.74) is 2.15. The van der Waals surface area contributed by atoms with E-state index in [-0.39, 0.29) is 30.8 Å². The van der Waals surface area contributed by atoms with Crippen molar-refractivity contribution in [2.75, 3.05) is 0 Å². The van der Waals surface area contributed by atoms with Crippen LogP contribution in [-0.2, 0) is 29.0 Å². The van der Waals surface area contributed by atoms with Crippen LogP contribution in [0.2, 0.25) is 5.02 Å². The average molecular weight is 495 g/mol. The number of hydrogen-bond donors (Lipinski definition) is 1. The monoisotopic (exact) mass is 494 g/mol. The van der Waals surface area contributed by atoms with E-state index >= 15 is 0 Å². The maximum atomic E-state index is 14.6. The van der Waals surface area contributed by atoms with Crippen molar-refractivity contribution in [3.63, 3.8) is 0 Å². The van der Waals surface area contributed by atoms with E-state index in [9.17, 15) is 14.0 Å². The first kappa shape index (κ1) is 26.4. The number of halogens is 2. The third-order valence-corrected chi connectivity index (χ3v) is 6.51. The minimum atomic E-state index is -0.787. The molecule has 184 valence electrons. The second-order valence-electron chi connectivity index (χ2n) is 8.73. The lowest BCUT2D eigenvalue weighted by molar-refractivity contribution is -0.141. The summed E-state index contributed by atoms with van der Waals surface area (Å²) in [6.45, 7) is 3.92. The topological polar surface area (TPSA) is 49.4 Å². The van der Waals surface area contributed by atoms with E-state index < -0.39 is 11.9 Å². The zero-order valence-electron chi connectivity index (χ0n) is 20.2. The largest absolute Gasteiger partial charge is 0.352 e. The second-order valence-corrected chi connectivity index (χ2v) is 9.14. The Balaban J connectivity index is 1.93. The highest BCUT2D eigenvalue weighted by atomic mass is 35.5. The lowest BCUT2D eigenvalue weighted by Crippen LogP contribution is -2.52. The number of carbonyl (C=O) groups excluding carboxylic acids is 2. The standard InChI is InChI=1S/C29H32ClFN2O2/c1-3-21(2)32-29(35)27(19-22-11-5-4-6-12-22)33(20-24-14-8-10-16-26(24)31)28(34)18-17-23-13-7-9-15-25(23)30/h4-16,21,27H,3,17-20H2,1-2H3,(H,32,35)/t21-,27+/m1/s1. The summed E-state index contributed by atoms with van der Waals surface area (Å²) in [5.74, 6) is -0.878. The zero-order valence-corrected chi connectivity index (χ0v) is 21.0. The number of rotatable bonds is 11. The molecule has 0 radical (unpaired) electrons. The van der Waals surface area contributed by atoms with Gasteiger partial charge in [-0.1, -0.05) is 85.3 Å². The molecule has 2 amide bonds. The fraction of sp³-hybridized carbons (Fsp3) is 0.310. The molecule has 0 bridgehead atoms. The molecular formula is C29H32ClFN2O2. The lowest BCUT2D eigenvalue weighted by Gasteiger charge is -2.32. The minimum absolute atomic E-state index is 0.000541. The number of hydrogen-bond acceptors (Lipinski definition) is 2. The first-order valence-corrected chi connectivity index (χ1v) is 12.4. The molecule has 0 saturated carbocycles. The van der Waals surface area contributed by atoms with E-state index in [4.69, 9.17) is 11.6 Å². The molecule has 0 spiro atoms. The molecule has 0 heterocycles. The maximum Gasteiger partial charge on any atom is 0.243 e. The van der Waals surface area contributed by atoms with Gasteiger partial charge in [0.15, 0.2) is 0 Å². The van der Waals surface area contributed by atoms with Crippen LogP contribution in [0.15, 0.2) is 78.9 Å². The van der Waals surface area contributed by atoms with Crippen molar-refractivity contribution < 1.29 is 14.0 Å². The Morgan fingerprint density at radius 3 is 2.23 bits per heavy atom. The maximum absolute atomic E-state index is 14.6. The van der Waals surface area contributed by atoms with Crippen molar-refractivity contribution in [3.05, 3.63) is 106 Å². The molecule has 1 N–H and O–H groups in total. The van der Waals surface area contributed by atoms with E-state index in [1.54, 1.807) is 24.3 Å². The summed E-state index contributed by atoms with van der Waals surface area (Å²) in [7, 11) is 0. The van der Waals surface area contributed by atoms with Gasteiger partial charge in [-0.2, -0.15) is 0 Å². The third-order valence-electron chi connectivity index (χ3n) is 6.14. The van der Waals surface area contributed by atoms with Crippen molar-refractivity contribution in [2.24, 2.45) is 0 Å². The van der Waals surface area contributed by atoms with Crippen LogP contribution >= 0.6 is 11.6 Å². The van der Waals surface area contributed by atoms with Gasteiger partial charge in [0.1, 0.15) is 11.9 Å². The van der Waals surface area contributed by atoms with Gasteiger partial charge < -0.3 is 10.2 Å². The lowest BCUT2D eigenvalue weighted by atomic mass is 10.0. The molecule has 0 aliphatic rings. The Morgan fingerprint density at radius 2 is 1.57 bits per heavy atom. The molecule has 6 heteroatoms. The summed E-state index contributed by atoms with van der Waals surface area (Å²) < 4.78 is 14.6. The zero-order chi connectivity index (χ0) is 25.2. The minimum Gasteiger partial charge on any atom is -0.352 e. The Kier molecular flexibility index (Phi) is 9.86. The van der Waals surface area contributed by atoms with Crippen molar-refractivity contribution in [1.29, 1.82) is 0 Å². The number of amides is 2. The SMILES string of the molecule is CC[C@@H](C)NC(=O)[C@H](Cc1ccccc1)N(Cc1ccccc1F)C(=O)CCc1ccccc1Cl. The number of aryl methyl sites for hydroxylation is 1. The Bertz CT molecular complexity index is 1120. The van der Waals surface area contributed by atoms with Gasteiger partial charge in [-0.3, -0.25) is 9.59 Å². The van der Waals surface area contributed by atoms with Crippen LogP contribution in [0.3, 0.4) is 0 Å². The second kappa shape index (κ2) is 13.1. The molecule has 3 aromatic rings. The molecule has 2 atom stereocenters. The van der Waals surface area contributed by atoms with Gasteiger partial charge >= 0.3 is 0 Å². The molecule has 0 aliphatic carbocycles. The fourth-order valence-electron chi connectivity index (χ4n) is 3.89. The van der Waals surface area contributed by atoms with Crippen LogP contribution in [0.5, 0.6) is 0 Å². The van der Waals surface area contributed by atoms with Crippen LogP contribution < -0.4 is 5.32 Å². The van der Waals surface area contributed by atoms with E-state index in [2.05, 4.69) is 5.32 Å². The highest BCUT2D eigenvalue weighted by molar-refractivity contribution is 6.31. The molecule has 3 aromatic carbocycles. The van der Waals surface area contributed by atoms with Crippen molar-refractivity contribution in [1.82, 2.24) is 10.2 Å². The molecule has 0 fully saturated rings. The Morgan fingerprint density at radius 1 is 0.943 bits per heavy atom. The molecule has 0 aliphatic heterocycles. The predicted octanol–water partition coefficient (Wildman–Crippen LogP) is 5.97. The smallest absolute Gasteiger partial charge is 0.243 e. The van der Waals surface area contributed by atoms with Crippen LogP contribution in [0.25, 0.3) is 0 Å². The van der Waals surface area contributed by atoms with Gasteiger partial charge in [0.05, 0.1) is 0 Å². The van der Waals surface area contributed by atoms with Crippen molar-refractivity contribution in [2.45, 2.75) is 58.2 Å². The number of nitrogens with zero attached hydrogens (tertiary/aromatic N) is 1. The summed E-state index contributed by atoms with van der Waals surface area (Å²) in [4.78, 5) is 28.6. The van der Waals surface area contributed by atoms with Gasteiger partial charge in [0.25, 0.3) is 0 Å². The highest BCUT2D eigenvalue weighted by Crippen LogP contribution is 2.21. The van der Waals surface area contributed by atoms with Gasteiger partial charge in [0, 0.05) is 36.0 Å². The molecule has 35 heavy (non-hydrogen) atoms. The number of benzene rings is 3.